The third-order valence-electron chi connectivity index (χ3n) is 3.98. The molecule has 2 fully saturated rings. The maximum Gasteiger partial charge on any atom is 0.0623 e. The van der Waals surface area contributed by atoms with Gasteiger partial charge in [0.05, 0.1) is 12.7 Å². The molecule has 1 unspecified atom stereocenters. The van der Waals surface area contributed by atoms with Gasteiger partial charge in [-0.1, -0.05) is 13.8 Å². The Morgan fingerprint density at radius 2 is 1.93 bits per heavy atom. The molecule has 1 heterocycles. The molecule has 1 saturated heterocycles. The van der Waals surface area contributed by atoms with Crippen LogP contribution < -0.4 is 5.32 Å². The van der Waals surface area contributed by atoms with E-state index in [0.717, 1.165) is 6.61 Å². The van der Waals surface area contributed by atoms with Crippen molar-refractivity contribution < 1.29 is 4.74 Å². The Labute approximate surface area is 93.8 Å². The van der Waals surface area contributed by atoms with Crippen LogP contribution in [-0.2, 0) is 4.74 Å². The molecular formula is C13H25NO. The quantitative estimate of drug-likeness (QED) is 0.775. The number of hydrogen-bond acceptors (Lipinski definition) is 2. The predicted octanol–water partition coefficient (Wildman–Crippen LogP) is 2.72. The fourth-order valence-electron chi connectivity index (χ4n) is 2.69. The summed E-state index contributed by atoms with van der Waals surface area (Å²) >= 11 is 0. The lowest BCUT2D eigenvalue weighted by Gasteiger charge is -2.34. The highest BCUT2D eigenvalue weighted by Crippen LogP contribution is 2.36. The van der Waals surface area contributed by atoms with Crippen molar-refractivity contribution in [1.29, 1.82) is 0 Å². The van der Waals surface area contributed by atoms with E-state index in [1.54, 1.807) is 0 Å². The third kappa shape index (κ3) is 3.46. The first kappa shape index (κ1) is 11.4. The van der Waals surface area contributed by atoms with Crippen molar-refractivity contribution in [3.05, 3.63) is 0 Å². The van der Waals surface area contributed by atoms with Crippen LogP contribution in [0.4, 0.5) is 0 Å². The molecular weight excluding hydrogens is 186 g/mol. The molecule has 0 radical (unpaired) electrons. The Hall–Kier alpha value is -0.0800. The molecule has 1 aliphatic heterocycles. The molecule has 0 amide bonds. The van der Waals surface area contributed by atoms with Crippen LogP contribution in [0, 0.1) is 5.41 Å². The number of hydrogen-bond donors (Lipinski definition) is 1. The number of rotatable bonds is 3. The summed E-state index contributed by atoms with van der Waals surface area (Å²) in [6.45, 7) is 6.88. The smallest absolute Gasteiger partial charge is 0.0623 e. The molecule has 1 aliphatic carbocycles. The average molecular weight is 211 g/mol. The highest BCUT2D eigenvalue weighted by atomic mass is 16.5. The van der Waals surface area contributed by atoms with Crippen LogP contribution in [0.25, 0.3) is 0 Å². The van der Waals surface area contributed by atoms with Gasteiger partial charge in [0.25, 0.3) is 0 Å². The minimum Gasteiger partial charge on any atom is -0.377 e. The summed E-state index contributed by atoms with van der Waals surface area (Å²) in [5.74, 6) is 0. The van der Waals surface area contributed by atoms with E-state index >= 15 is 0 Å². The molecule has 2 rings (SSSR count). The zero-order chi connectivity index (χ0) is 10.7. The molecule has 0 spiro atoms. The first-order chi connectivity index (χ1) is 7.16. The zero-order valence-corrected chi connectivity index (χ0v) is 10.2. The summed E-state index contributed by atoms with van der Waals surface area (Å²) in [5, 5.41) is 3.49. The molecule has 2 nitrogen and oxygen atoms in total. The SMILES string of the molecule is CC1(C)CCC(OCC2CCCN2)CC1. The van der Waals surface area contributed by atoms with Gasteiger partial charge in [-0.05, 0) is 50.5 Å². The molecule has 0 aromatic heterocycles. The normalized spacial score (nSPS) is 32.0. The Balaban J connectivity index is 1.64. The van der Waals surface area contributed by atoms with Crippen molar-refractivity contribution in [2.45, 2.75) is 64.5 Å². The minimum absolute atomic E-state index is 0.542. The third-order valence-corrected chi connectivity index (χ3v) is 3.98. The average Bonchev–Trinajstić information content (AvgIpc) is 2.69. The van der Waals surface area contributed by atoms with Crippen molar-refractivity contribution in [3.8, 4) is 0 Å². The Kier molecular flexibility index (Phi) is 3.68. The van der Waals surface area contributed by atoms with E-state index in [-0.39, 0.29) is 0 Å². The molecule has 15 heavy (non-hydrogen) atoms. The molecule has 0 bridgehead atoms. The fourth-order valence-corrected chi connectivity index (χ4v) is 2.69. The van der Waals surface area contributed by atoms with Gasteiger partial charge < -0.3 is 10.1 Å². The van der Waals surface area contributed by atoms with Crippen LogP contribution in [0.5, 0.6) is 0 Å². The lowest BCUT2D eigenvalue weighted by Crippen LogP contribution is -2.32. The highest BCUT2D eigenvalue weighted by molar-refractivity contribution is 4.80. The second kappa shape index (κ2) is 4.84. The molecule has 0 aromatic carbocycles. The topological polar surface area (TPSA) is 21.3 Å². The van der Waals surface area contributed by atoms with E-state index in [4.69, 9.17) is 4.74 Å². The molecule has 2 aliphatic rings. The summed E-state index contributed by atoms with van der Waals surface area (Å²) in [5.41, 5.74) is 0.561. The predicted molar refractivity (Wildman–Crippen MR) is 63.0 cm³/mol. The van der Waals surface area contributed by atoms with Crippen molar-refractivity contribution in [2.75, 3.05) is 13.2 Å². The van der Waals surface area contributed by atoms with Crippen molar-refractivity contribution in [3.63, 3.8) is 0 Å². The summed E-state index contributed by atoms with van der Waals surface area (Å²) in [4.78, 5) is 0. The largest absolute Gasteiger partial charge is 0.377 e. The van der Waals surface area contributed by atoms with Crippen molar-refractivity contribution >= 4 is 0 Å². The Morgan fingerprint density at radius 1 is 1.20 bits per heavy atom. The van der Waals surface area contributed by atoms with E-state index in [9.17, 15) is 0 Å². The van der Waals surface area contributed by atoms with E-state index in [0.29, 0.717) is 17.6 Å². The zero-order valence-electron chi connectivity index (χ0n) is 10.2. The molecule has 2 heteroatoms. The fraction of sp³-hybridized carbons (Fsp3) is 1.00. The van der Waals surface area contributed by atoms with Gasteiger partial charge >= 0.3 is 0 Å². The lowest BCUT2D eigenvalue weighted by atomic mass is 9.76. The van der Waals surface area contributed by atoms with Gasteiger partial charge in [0.1, 0.15) is 0 Å². The van der Waals surface area contributed by atoms with Gasteiger partial charge in [0, 0.05) is 6.04 Å². The van der Waals surface area contributed by atoms with Gasteiger partial charge in [-0.15, -0.1) is 0 Å². The molecule has 88 valence electrons. The lowest BCUT2D eigenvalue weighted by molar-refractivity contribution is -0.00352. The van der Waals surface area contributed by atoms with Gasteiger partial charge in [-0.2, -0.15) is 0 Å². The molecule has 1 atom stereocenters. The second-order valence-electron chi connectivity index (χ2n) is 5.99. The van der Waals surface area contributed by atoms with Gasteiger partial charge in [0.15, 0.2) is 0 Å². The Morgan fingerprint density at radius 3 is 2.53 bits per heavy atom. The maximum absolute atomic E-state index is 6.00. The van der Waals surface area contributed by atoms with Crippen LogP contribution in [-0.4, -0.2) is 25.3 Å². The standard InChI is InChI=1S/C13H25NO/c1-13(2)7-5-12(6-8-13)15-10-11-4-3-9-14-11/h11-12,14H,3-10H2,1-2H3. The van der Waals surface area contributed by atoms with Crippen LogP contribution in [0.15, 0.2) is 0 Å². The number of nitrogens with one attached hydrogen (secondary N) is 1. The van der Waals surface area contributed by atoms with Gasteiger partial charge in [-0.25, -0.2) is 0 Å². The van der Waals surface area contributed by atoms with E-state index in [2.05, 4.69) is 19.2 Å². The molecule has 1 saturated carbocycles. The highest BCUT2D eigenvalue weighted by Gasteiger charge is 2.27. The Bertz CT molecular complexity index is 187. The first-order valence-electron chi connectivity index (χ1n) is 6.51. The van der Waals surface area contributed by atoms with Crippen LogP contribution >= 0.6 is 0 Å². The summed E-state index contributed by atoms with van der Waals surface area (Å²) in [6.07, 6.45) is 8.36. The maximum atomic E-state index is 6.00. The summed E-state index contributed by atoms with van der Waals surface area (Å²) in [7, 11) is 0. The van der Waals surface area contributed by atoms with Gasteiger partial charge in [0.2, 0.25) is 0 Å². The van der Waals surface area contributed by atoms with E-state index in [1.165, 1.54) is 45.1 Å². The van der Waals surface area contributed by atoms with Crippen LogP contribution in [0.1, 0.15) is 52.4 Å². The monoisotopic (exact) mass is 211 g/mol. The summed E-state index contributed by atoms with van der Waals surface area (Å²) < 4.78 is 6.00. The number of ether oxygens (including phenoxy) is 1. The minimum atomic E-state index is 0.542. The molecule has 0 aromatic rings. The van der Waals surface area contributed by atoms with Crippen molar-refractivity contribution in [2.24, 2.45) is 5.41 Å². The summed E-state index contributed by atoms with van der Waals surface area (Å²) in [6, 6.07) is 0.639. The molecule has 1 N–H and O–H groups in total. The van der Waals surface area contributed by atoms with E-state index < -0.39 is 0 Å². The van der Waals surface area contributed by atoms with Gasteiger partial charge in [-0.3, -0.25) is 0 Å². The first-order valence-corrected chi connectivity index (χ1v) is 6.51. The van der Waals surface area contributed by atoms with Crippen LogP contribution in [0.3, 0.4) is 0 Å². The van der Waals surface area contributed by atoms with Crippen LogP contribution in [0.2, 0.25) is 0 Å². The second-order valence-corrected chi connectivity index (χ2v) is 5.99. The van der Waals surface area contributed by atoms with Crippen molar-refractivity contribution in [1.82, 2.24) is 5.32 Å². The van der Waals surface area contributed by atoms with E-state index in [1.807, 2.05) is 0 Å².